The summed E-state index contributed by atoms with van der Waals surface area (Å²) in [6.07, 6.45) is 0. The Morgan fingerprint density at radius 3 is 1.61 bits per heavy atom. The van der Waals surface area contributed by atoms with Crippen LogP contribution in [-0.2, 0) is 0 Å². The van der Waals surface area contributed by atoms with Gasteiger partial charge in [0.15, 0.2) is 0 Å². The number of phenolic OH excluding ortho intramolecular Hbond substituents is 1. The third kappa shape index (κ3) is 3.96. The number of nitrogens with zero attached hydrogens (tertiary/aromatic N) is 1. The first-order chi connectivity index (χ1) is 15.3. The Bertz CT molecular complexity index is 1240. The molecular formula is C28H21NOS. The molecule has 5 aromatic rings. The van der Waals surface area contributed by atoms with Crippen LogP contribution < -0.4 is 4.90 Å². The monoisotopic (exact) mass is 419 g/mol. The summed E-state index contributed by atoms with van der Waals surface area (Å²) < 4.78 is 0. The first-order valence-electron chi connectivity index (χ1n) is 10.2. The summed E-state index contributed by atoms with van der Waals surface area (Å²) in [7, 11) is 0. The maximum absolute atomic E-state index is 10.2. The fourth-order valence-electron chi connectivity index (χ4n) is 3.70. The highest BCUT2D eigenvalue weighted by Crippen LogP contribution is 2.40. The average Bonchev–Trinajstić information content (AvgIpc) is 3.32. The predicted molar refractivity (Wildman–Crippen MR) is 132 cm³/mol. The molecule has 0 saturated carbocycles. The largest absolute Gasteiger partial charge is 0.507 e. The molecule has 3 heteroatoms. The van der Waals surface area contributed by atoms with Crippen molar-refractivity contribution in [1.29, 1.82) is 0 Å². The number of hydrogen-bond donors (Lipinski definition) is 1. The van der Waals surface area contributed by atoms with Crippen LogP contribution in [0.4, 0.5) is 17.1 Å². The fourth-order valence-corrected chi connectivity index (χ4v) is 4.74. The number of benzene rings is 4. The van der Waals surface area contributed by atoms with Gasteiger partial charge in [-0.15, -0.1) is 11.3 Å². The number of phenols is 1. The van der Waals surface area contributed by atoms with Crippen LogP contribution >= 0.6 is 11.3 Å². The number of rotatable bonds is 5. The maximum atomic E-state index is 10.2. The Morgan fingerprint density at radius 1 is 0.484 bits per heavy atom. The second-order valence-electron chi connectivity index (χ2n) is 7.23. The summed E-state index contributed by atoms with van der Waals surface area (Å²) in [6, 6.07) is 41.1. The van der Waals surface area contributed by atoms with Gasteiger partial charge in [0.25, 0.3) is 0 Å². The van der Waals surface area contributed by atoms with Gasteiger partial charge in [-0.05, 0) is 66.2 Å². The van der Waals surface area contributed by atoms with E-state index in [9.17, 15) is 5.11 Å². The zero-order valence-corrected chi connectivity index (χ0v) is 17.7. The van der Waals surface area contributed by atoms with E-state index in [4.69, 9.17) is 0 Å². The number of hydrogen-bond acceptors (Lipinski definition) is 3. The molecule has 0 atom stereocenters. The van der Waals surface area contributed by atoms with Gasteiger partial charge in [-0.2, -0.15) is 0 Å². The van der Waals surface area contributed by atoms with Gasteiger partial charge in [0.2, 0.25) is 0 Å². The summed E-state index contributed by atoms with van der Waals surface area (Å²) in [5.74, 6) is 0.313. The van der Waals surface area contributed by atoms with E-state index in [-0.39, 0.29) is 0 Å². The first-order valence-corrected chi connectivity index (χ1v) is 11.0. The Labute approximate surface area is 186 Å². The Kier molecular flexibility index (Phi) is 5.26. The number of anilines is 3. The molecule has 0 fully saturated rings. The third-order valence-electron chi connectivity index (χ3n) is 5.21. The summed E-state index contributed by atoms with van der Waals surface area (Å²) >= 11 is 1.69. The van der Waals surface area contributed by atoms with Gasteiger partial charge >= 0.3 is 0 Å². The average molecular weight is 420 g/mol. The van der Waals surface area contributed by atoms with Crippen LogP contribution in [0.2, 0.25) is 0 Å². The van der Waals surface area contributed by atoms with E-state index in [2.05, 4.69) is 89.8 Å². The molecule has 4 aromatic carbocycles. The Hall–Kier alpha value is -3.82. The van der Waals surface area contributed by atoms with Crippen molar-refractivity contribution in [1.82, 2.24) is 0 Å². The zero-order chi connectivity index (χ0) is 21.0. The van der Waals surface area contributed by atoms with Crippen molar-refractivity contribution in [2.75, 3.05) is 4.90 Å². The molecule has 0 aliphatic carbocycles. The summed E-state index contributed by atoms with van der Waals surface area (Å²) in [4.78, 5) is 4.49. The number of aromatic hydroxyl groups is 1. The highest BCUT2D eigenvalue weighted by atomic mass is 32.1. The molecular weight excluding hydrogens is 398 g/mol. The van der Waals surface area contributed by atoms with Crippen molar-refractivity contribution in [2.45, 2.75) is 0 Å². The van der Waals surface area contributed by atoms with Crippen molar-refractivity contribution in [3.8, 4) is 26.6 Å². The number of para-hydroxylation sites is 3. The lowest BCUT2D eigenvalue weighted by Crippen LogP contribution is -2.09. The molecule has 0 radical (unpaired) electrons. The molecule has 0 unspecified atom stereocenters. The van der Waals surface area contributed by atoms with Gasteiger partial charge in [0, 0.05) is 32.4 Å². The second kappa shape index (κ2) is 8.50. The molecule has 0 aliphatic rings. The van der Waals surface area contributed by atoms with Gasteiger partial charge in [0.1, 0.15) is 5.75 Å². The molecule has 1 heterocycles. The molecule has 2 nitrogen and oxygen atoms in total. The van der Waals surface area contributed by atoms with E-state index in [1.807, 2.05) is 30.3 Å². The molecule has 150 valence electrons. The summed E-state index contributed by atoms with van der Waals surface area (Å²) in [6.45, 7) is 0. The van der Waals surface area contributed by atoms with Gasteiger partial charge in [-0.3, -0.25) is 0 Å². The topological polar surface area (TPSA) is 23.5 Å². The second-order valence-corrected chi connectivity index (χ2v) is 8.32. The van der Waals surface area contributed by atoms with Gasteiger partial charge in [-0.1, -0.05) is 60.7 Å². The number of thiophene rings is 1. The highest BCUT2D eigenvalue weighted by molar-refractivity contribution is 7.18. The molecule has 0 spiro atoms. The van der Waals surface area contributed by atoms with Crippen molar-refractivity contribution < 1.29 is 5.11 Å². The van der Waals surface area contributed by atoms with E-state index >= 15 is 0 Å². The van der Waals surface area contributed by atoms with Crippen LogP contribution in [0.5, 0.6) is 5.75 Å². The van der Waals surface area contributed by atoms with Crippen molar-refractivity contribution >= 4 is 28.4 Å². The molecule has 0 aliphatic heterocycles. The molecule has 0 bridgehead atoms. The van der Waals surface area contributed by atoms with Crippen molar-refractivity contribution in [3.05, 3.63) is 121 Å². The molecule has 0 amide bonds. The van der Waals surface area contributed by atoms with Crippen molar-refractivity contribution in [3.63, 3.8) is 0 Å². The van der Waals surface area contributed by atoms with E-state index < -0.39 is 0 Å². The summed E-state index contributed by atoms with van der Waals surface area (Å²) in [5.41, 5.74) is 5.39. The predicted octanol–water partition coefficient (Wildman–Crippen LogP) is 8.26. The van der Waals surface area contributed by atoms with Crippen LogP contribution in [0.15, 0.2) is 121 Å². The molecule has 0 saturated heterocycles. The quantitative estimate of drug-likeness (QED) is 0.310. The van der Waals surface area contributed by atoms with E-state index in [1.165, 1.54) is 4.88 Å². The van der Waals surface area contributed by atoms with E-state index in [0.717, 1.165) is 33.1 Å². The normalized spacial score (nSPS) is 10.7. The molecule has 5 rings (SSSR count). The van der Waals surface area contributed by atoms with E-state index in [1.54, 1.807) is 17.4 Å². The smallest absolute Gasteiger partial charge is 0.124 e. The van der Waals surface area contributed by atoms with Crippen LogP contribution in [0.1, 0.15) is 0 Å². The van der Waals surface area contributed by atoms with Crippen LogP contribution in [-0.4, -0.2) is 5.11 Å². The lowest BCUT2D eigenvalue weighted by atomic mass is 10.1. The molecule has 1 aromatic heterocycles. The minimum absolute atomic E-state index is 0.313. The van der Waals surface area contributed by atoms with Crippen molar-refractivity contribution in [2.24, 2.45) is 0 Å². The van der Waals surface area contributed by atoms with Crippen LogP contribution in [0.25, 0.3) is 20.9 Å². The standard InChI is InChI=1S/C28H21NOS/c30-26-14-8-7-13-25(26)28-20-19-27(31-28)21-15-17-24(18-16-21)29(22-9-3-1-4-10-22)23-11-5-2-6-12-23/h1-20,30H. The minimum atomic E-state index is 0.313. The highest BCUT2D eigenvalue weighted by Gasteiger charge is 2.13. The van der Waals surface area contributed by atoms with E-state index in [0.29, 0.717) is 5.75 Å². The minimum Gasteiger partial charge on any atom is -0.507 e. The third-order valence-corrected chi connectivity index (χ3v) is 6.38. The van der Waals surface area contributed by atoms with Gasteiger partial charge in [-0.25, -0.2) is 0 Å². The zero-order valence-electron chi connectivity index (χ0n) is 16.8. The summed E-state index contributed by atoms with van der Waals surface area (Å²) in [5, 5.41) is 10.2. The SMILES string of the molecule is Oc1ccccc1-c1ccc(-c2ccc(N(c3ccccc3)c3ccccc3)cc2)s1. The first kappa shape index (κ1) is 19.2. The van der Waals surface area contributed by atoms with Crippen LogP contribution in [0.3, 0.4) is 0 Å². The van der Waals surface area contributed by atoms with Crippen LogP contribution in [0, 0.1) is 0 Å². The Balaban J connectivity index is 1.49. The van der Waals surface area contributed by atoms with Gasteiger partial charge in [0.05, 0.1) is 0 Å². The lowest BCUT2D eigenvalue weighted by molar-refractivity contribution is 0.477. The molecule has 31 heavy (non-hydrogen) atoms. The molecule has 1 N–H and O–H groups in total. The maximum Gasteiger partial charge on any atom is 0.124 e. The fraction of sp³-hybridized carbons (Fsp3) is 0. The van der Waals surface area contributed by atoms with Gasteiger partial charge < -0.3 is 10.0 Å². The lowest BCUT2D eigenvalue weighted by Gasteiger charge is -2.25. The Morgan fingerprint density at radius 2 is 1.00 bits per heavy atom.